The fourth-order valence-electron chi connectivity index (χ4n) is 5.01. The van der Waals surface area contributed by atoms with Gasteiger partial charge in [-0.05, 0) is 71.5 Å². The monoisotopic (exact) mass is 569 g/mol. The molecule has 0 amide bonds. The van der Waals surface area contributed by atoms with E-state index in [9.17, 15) is 9.59 Å². The summed E-state index contributed by atoms with van der Waals surface area (Å²) in [4.78, 5) is 26.9. The molecule has 1 atom stereocenters. The first-order valence-corrected chi connectivity index (χ1v) is 13.1. The third-order valence-electron chi connectivity index (χ3n) is 6.52. The zero-order chi connectivity index (χ0) is 24.5. The fraction of sp³-hybridized carbons (Fsp3) is 0.379. The lowest BCUT2D eigenvalue weighted by Gasteiger charge is -2.40. The van der Waals surface area contributed by atoms with Gasteiger partial charge in [0.2, 0.25) is 0 Å². The minimum Gasteiger partial charge on any atom is -0.493 e. The number of benzene rings is 2. The first-order chi connectivity index (χ1) is 16.2. The Hall–Kier alpha value is -2.41. The van der Waals surface area contributed by atoms with Crippen LogP contribution in [0.25, 0.3) is 5.70 Å². The SMILES string of the molecule is CCCCOc1ccc(I)cc1C1C2=C(CC(C)(C)CC2=O)NC(c2ccccc2)=C1C(C)=O. The van der Waals surface area contributed by atoms with Crippen molar-refractivity contribution >= 4 is 39.9 Å². The average Bonchev–Trinajstić information content (AvgIpc) is 2.78. The van der Waals surface area contributed by atoms with E-state index in [-0.39, 0.29) is 17.0 Å². The normalized spacial score (nSPS) is 19.6. The summed E-state index contributed by atoms with van der Waals surface area (Å²) in [6.07, 6.45) is 3.20. The first-order valence-electron chi connectivity index (χ1n) is 12.0. The number of dihydropyridines is 1. The second-order valence-electron chi connectivity index (χ2n) is 9.99. The number of ether oxygens (including phenoxy) is 1. The van der Waals surface area contributed by atoms with E-state index in [1.165, 1.54) is 0 Å². The summed E-state index contributed by atoms with van der Waals surface area (Å²) in [6.45, 7) is 8.59. The van der Waals surface area contributed by atoms with Gasteiger partial charge in [0.1, 0.15) is 5.75 Å². The Kier molecular flexibility index (Phi) is 7.31. The van der Waals surface area contributed by atoms with E-state index in [1.54, 1.807) is 6.92 Å². The molecule has 5 heteroatoms. The summed E-state index contributed by atoms with van der Waals surface area (Å²) in [5, 5.41) is 3.55. The largest absolute Gasteiger partial charge is 0.493 e. The van der Waals surface area contributed by atoms with Crippen molar-refractivity contribution in [1.82, 2.24) is 5.32 Å². The van der Waals surface area contributed by atoms with Crippen LogP contribution in [0.5, 0.6) is 5.75 Å². The van der Waals surface area contributed by atoms with Crippen LogP contribution in [0, 0.1) is 8.99 Å². The number of allylic oxidation sites excluding steroid dienone is 3. The topological polar surface area (TPSA) is 55.4 Å². The Bertz CT molecular complexity index is 1180. The van der Waals surface area contributed by atoms with Gasteiger partial charge in [-0.1, -0.05) is 57.5 Å². The molecule has 34 heavy (non-hydrogen) atoms. The van der Waals surface area contributed by atoms with Crippen LogP contribution in [0.15, 0.2) is 65.4 Å². The molecular weight excluding hydrogens is 537 g/mol. The Morgan fingerprint density at radius 1 is 1.15 bits per heavy atom. The lowest BCUT2D eigenvalue weighted by molar-refractivity contribution is -0.118. The minimum atomic E-state index is -0.459. The molecule has 0 saturated heterocycles. The third-order valence-corrected chi connectivity index (χ3v) is 7.19. The maximum absolute atomic E-state index is 13.6. The van der Waals surface area contributed by atoms with Gasteiger partial charge in [-0.2, -0.15) is 0 Å². The van der Waals surface area contributed by atoms with Crippen LogP contribution < -0.4 is 10.1 Å². The molecule has 0 saturated carbocycles. The predicted octanol–water partition coefficient (Wildman–Crippen LogP) is 6.80. The molecule has 1 aliphatic heterocycles. The van der Waals surface area contributed by atoms with Crippen molar-refractivity contribution in [3.63, 3.8) is 0 Å². The summed E-state index contributed by atoms with van der Waals surface area (Å²) < 4.78 is 7.26. The van der Waals surface area contributed by atoms with E-state index in [4.69, 9.17) is 4.74 Å². The molecule has 1 heterocycles. The number of unbranched alkanes of at least 4 members (excludes halogenated alkanes) is 1. The summed E-state index contributed by atoms with van der Waals surface area (Å²) in [5.41, 5.74) is 4.75. The van der Waals surface area contributed by atoms with Crippen LogP contribution in [0.2, 0.25) is 0 Å². The van der Waals surface area contributed by atoms with E-state index in [0.717, 1.165) is 51.1 Å². The number of hydrogen-bond acceptors (Lipinski definition) is 4. The smallest absolute Gasteiger partial charge is 0.162 e. The Morgan fingerprint density at radius 3 is 2.56 bits per heavy atom. The summed E-state index contributed by atoms with van der Waals surface area (Å²) >= 11 is 2.29. The third kappa shape index (κ3) is 4.99. The fourth-order valence-corrected chi connectivity index (χ4v) is 5.53. The van der Waals surface area contributed by atoms with Gasteiger partial charge in [0.25, 0.3) is 0 Å². The molecule has 2 aliphatic rings. The maximum Gasteiger partial charge on any atom is 0.162 e. The molecule has 0 radical (unpaired) electrons. The highest BCUT2D eigenvalue weighted by atomic mass is 127. The Labute approximate surface area is 216 Å². The molecule has 1 aliphatic carbocycles. The van der Waals surface area contributed by atoms with Crippen molar-refractivity contribution in [2.45, 2.75) is 59.3 Å². The van der Waals surface area contributed by atoms with Gasteiger partial charge >= 0.3 is 0 Å². The number of ketones is 2. The highest BCUT2D eigenvalue weighted by molar-refractivity contribution is 14.1. The second-order valence-corrected chi connectivity index (χ2v) is 11.2. The molecule has 4 nitrogen and oxygen atoms in total. The molecule has 0 aromatic heterocycles. The molecule has 2 aromatic carbocycles. The molecule has 0 fully saturated rings. The Balaban J connectivity index is 1.98. The van der Waals surface area contributed by atoms with Crippen LogP contribution in [0.4, 0.5) is 0 Å². The van der Waals surface area contributed by atoms with Crippen molar-refractivity contribution in [1.29, 1.82) is 0 Å². The van der Waals surface area contributed by atoms with E-state index in [0.29, 0.717) is 24.2 Å². The summed E-state index contributed by atoms with van der Waals surface area (Å²) in [7, 11) is 0. The highest BCUT2D eigenvalue weighted by Crippen LogP contribution is 2.50. The highest BCUT2D eigenvalue weighted by Gasteiger charge is 2.43. The van der Waals surface area contributed by atoms with Gasteiger partial charge in [0.05, 0.1) is 12.3 Å². The number of nitrogens with one attached hydrogen (secondary N) is 1. The van der Waals surface area contributed by atoms with Gasteiger partial charge in [-0.15, -0.1) is 0 Å². The molecule has 0 spiro atoms. The molecule has 178 valence electrons. The quantitative estimate of drug-likeness (QED) is 0.295. The molecule has 1 N–H and O–H groups in total. The number of hydrogen-bond donors (Lipinski definition) is 1. The lowest BCUT2D eigenvalue weighted by Crippen LogP contribution is -2.38. The van der Waals surface area contributed by atoms with Crippen molar-refractivity contribution in [3.8, 4) is 5.75 Å². The van der Waals surface area contributed by atoms with Crippen molar-refractivity contribution in [3.05, 3.63) is 80.1 Å². The van der Waals surface area contributed by atoms with E-state index in [2.05, 4.69) is 54.7 Å². The van der Waals surface area contributed by atoms with Gasteiger partial charge in [-0.3, -0.25) is 9.59 Å². The van der Waals surface area contributed by atoms with E-state index in [1.807, 2.05) is 42.5 Å². The summed E-state index contributed by atoms with van der Waals surface area (Å²) in [5.74, 6) is 0.349. The number of rotatable bonds is 7. The standard InChI is InChI=1S/C29H32INO3/c1-5-6-14-34-24-13-12-20(30)15-21(24)26-25(18(2)32)28(19-10-8-7-9-11-19)31-22-16-29(3,4)17-23(33)27(22)26/h7-13,15,26,31H,5-6,14,16-17H2,1-4H3. The van der Waals surface area contributed by atoms with E-state index < -0.39 is 5.92 Å². The lowest BCUT2D eigenvalue weighted by atomic mass is 9.67. The maximum atomic E-state index is 13.6. The van der Waals surface area contributed by atoms with Gasteiger partial charge < -0.3 is 10.1 Å². The molecule has 0 bridgehead atoms. The number of halogens is 1. The predicted molar refractivity (Wildman–Crippen MR) is 145 cm³/mol. The van der Waals surface area contributed by atoms with Gasteiger partial charge in [0.15, 0.2) is 11.6 Å². The molecule has 1 unspecified atom stereocenters. The number of Topliss-reactive ketones (excluding diaryl/α,β-unsaturated/α-hetero) is 2. The van der Waals surface area contributed by atoms with E-state index >= 15 is 0 Å². The zero-order valence-electron chi connectivity index (χ0n) is 20.3. The zero-order valence-corrected chi connectivity index (χ0v) is 22.5. The average molecular weight is 569 g/mol. The first kappa shape index (κ1) is 24.7. The van der Waals surface area contributed by atoms with Crippen molar-refractivity contribution in [2.24, 2.45) is 5.41 Å². The number of carbonyl (C=O) groups excluding carboxylic acids is 2. The van der Waals surface area contributed by atoms with Crippen LogP contribution >= 0.6 is 22.6 Å². The van der Waals surface area contributed by atoms with Gasteiger partial charge in [-0.25, -0.2) is 0 Å². The Morgan fingerprint density at radius 2 is 1.88 bits per heavy atom. The van der Waals surface area contributed by atoms with Crippen LogP contribution in [0.1, 0.15) is 70.4 Å². The van der Waals surface area contributed by atoms with Crippen LogP contribution in [-0.4, -0.2) is 18.2 Å². The van der Waals surface area contributed by atoms with Crippen LogP contribution in [-0.2, 0) is 9.59 Å². The molecule has 2 aromatic rings. The van der Waals surface area contributed by atoms with Crippen LogP contribution in [0.3, 0.4) is 0 Å². The van der Waals surface area contributed by atoms with Crippen molar-refractivity contribution < 1.29 is 14.3 Å². The number of carbonyl (C=O) groups is 2. The summed E-state index contributed by atoms with van der Waals surface area (Å²) in [6, 6.07) is 16.0. The van der Waals surface area contributed by atoms with Gasteiger partial charge in [0, 0.05) is 38.3 Å². The molecule has 4 rings (SSSR count). The second kappa shape index (κ2) is 10.1. The molecular formula is C29H32INO3. The minimum absolute atomic E-state index is 0.0427. The van der Waals surface area contributed by atoms with Crippen molar-refractivity contribution in [2.75, 3.05) is 6.61 Å².